The molecule has 0 aromatic carbocycles. The van der Waals surface area contributed by atoms with Crippen molar-refractivity contribution >= 4 is 10.8 Å². The van der Waals surface area contributed by atoms with Crippen LogP contribution >= 0.6 is 0 Å². The highest BCUT2D eigenvalue weighted by Crippen LogP contribution is 2.15. The second-order valence-corrected chi connectivity index (χ2v) is 4.07. The van der Waals surface area contributed by atoms with E-state index in [1.807, 2.05) is 6.20 Å². The molecule has 1 aromatic rings. The van der Waals surface area contributed by atoms with E-state index in [2.05, 4.69) is 9.55 Å². The van der Waals surface area contributed by atoms with Crippen LogP contribution in [-0.4, -0.2) is 20.0 Å². The number of rotatable bonds is 1. The maximum atomic E-state index is 11.0. The molecule has 3 nitrogen and oxygen atoms in total. The number of aryl methyl sites for hydroxylation is 2. The Kier molecular flexibility index (Phi) is 1.56. The number of aromatic nitrogens is 2. The van der Waals surface area contributed by atoms with Crippen molar-refractivity contribution in [1.29, 1.82) is 0 Å². The van der Waals surface area contributed by atoms with Gasteiger partial charge in [0.15, 0.2) is 0 Å². The second-order valence-electron chi connectivity index (χ2n) is 2.75. The van der Waals surface area contributed by atoms with E-state index in [1.54, 1.807) is 6.26 Å². The molecule has 0 aliphatic carbocycles. The molecule has 0 N–H and O–H groups in total. The standard InChI is InChI=1S/C7H10N2OS/c1-11(10)7-5-9-4-2-3-6(9)8-7/h5H,2-4H2,1H3/t11-/m0/s1. The zero-order chi connectivity index (χ0) is 7.84. The van der Waals surface area contributed by atoms with Crippen LogP contribution in [0.4, 0.5) is 0 Å². The minimum absolute atomic E-state index is 0.722. The van der Waals surface area contributed by atoms with E-state index >= 15 is 0 Å². The Morgan fingerprint density at radius 2 is 2.55 bits per heavy atom. The molecule has 0 radical (unpaired) electrons. The third-order valence-corrected chi connectivity index (χ3v) is 2.72. The van der Waals surface area contributed by atoms with Gasteiger partial charge in [-0.2, -0.15) is 0 Å². The highest BCUT2D eigenvalue weighted by molar-refractivity contribution is 7.84. The molecule has 0 fully saturated rings. The molecule has 0 bridgehead atoms. The fourth-order valence-electron chi connectivity index (χ4n) is 1.37. The quantitative estimate of drug-likeness (QED) is 0.617. The van der Waals surface area contributed by atoms with Gasteiger partial charge in [-0.05, 0) is 6.42 Å². The van der Waals surface area contributed by atoms with Crippen molar-refractivity contribution in [1.82, 2.24) is 9.55 Å². The molecule has 1 aliphatic rings. The van der Waals surface area contributed by atoms with Crippen molar-refractivity contribution in [3.05, 3.63) is 12.0 Å². The summed E-state index contributed by atoms with van der Waals surface area (Å²) in [6.07, 6.45) is 5.78. The Morgan fingerprint density at radius 1 is 1.73 bits per heavy atom. The monoisotopic (exact) mass is 170 g/mol. The lowest BCUT2D eigenvalue weighted by Crippen LogP contribution is -1.88. The van der Waals surface area contributed by atoms with Crippen LogP contribution in [0.5, 0.6) is 0 Å². The lowest BCUT2D eigenvalue weighted by molar-refractivity contribution is 0.683. The highest BCUT2D eigenvalue weighted by atomic mass is 32.2. The summed E-state index contributed by atoms with van der Waals surface area (Å²) < 4.78 is 13.1. The van der Waals surface area contributed by atoms with E-state index in [-0.39, 0.29) is 0 Å². The first kappa shape index (κ1) is 7.03. The van der Waals surface area contributed by atoms with Crippen LogP contribution in [-0.2, 0) is 23.8 Å². The fourth-order valence-corrected chi connectivity index (χ4v) is 1.88. The van der Waals surface area contributed by atoms with Crippen molar-refractivity contribution in [2.45, 2.75) is 24.4 Å². The second kappa shape index (κ2) is 2.44. The van der Waals surface area contributed by atoms with Crippen LogP contribution < -0.4 is 0 Å². The summed E-state index contributed by atoms with van der Waals surface area (Å²) in [5.74, 6) is 1.09. The van der Waals surface area contributed by atoms with E-state index in [1.165, 1.54) is 6.42 Å². The third-order valence-electron chi connectivity index (χ3n) is 1.93. The first-order chi connectivity index (χ1) is 5.27. The van der Waals surface area contributed by atoms with E-state index in [4.69, 9.17) is 0 Å². The van der Waals surface area contributed by atoms with Gasteiger partial charge in [0.05, 0.1) is 10.8 Å². The van der Waals surface area contributed by atoms with Crippen LogP contribution in [0, 0.1) is 0 Å². The molecular weight excluding hydrogens is 160 g/mol. The molecule has 4 heteroatoms. The van der Waals surface area contributed by atoms with Gasteiger partial charge in [0.1, 0.15) is 10.9 Å². The van der Waals surface area contributed by atoms with E-state index in [0.29, 0.717) is 0 Å². The summed E-state index contributed by atoms with van der Waals surface area (Å²) in [7, 11) is -0.918. The van der Waals surface area contributed by atoms with Gasteiger partial charge in [-0.3, -0.25) is 4.21 Å². The summed E-state index contributed by atoms with van der Waals surface area (Å²) in [5, 5.41) is 0.722. The Hall–Kier alpha value is -0.640. The third kappa shape index (κ3) is 1.11. The predicted molar refractivity (Wildman–Crippen MR) is 42.9 cm³/mol. The largest absolute Gasteiger partial charge is 0.334 e. The van der Waals surface area contributed by atoms with Crippen molar-refractivity contribution in [3.8, 4) is 0 Å². The first-order valence-electron chi connectivity index (χ1n) is 3.67. The van der Waals surface area contributed by atoms with E-state index < -0.39 is 10.8 Å². The topological polar surface area (TPSA) is 34.9 Å². The average molecular weight is 170 g/mol. The lowest BCUT2D eigenvalue weighted by atomic mass is 10.4. The number of hydrogen-bond acceptors (Lipinski definition) is 2. The molecule has 0 saturated carbocycles. The molecule has 0 amide bonds. The van der Waals surface area contributed by atoms with Crippen LogP contribution in [0.25, 0.3) is 0 Å². The molecule has 2 heterocycles. The average Bonchev–Trinajstić information content (AvgIpc) is 2.40. The van der Waals surface area contributed by atoms with Gasteiger partial charge < -0.3 is 4.57 Å². The van der Waals surface area contributed by atoms with Crippen molar-refractivity contribution in [2.24, 2.45) is 0 Å². The van der Waals surface area contributed by atoms with Crippen molar-refractivity contribution < 1.29 is 4.21 Å². The zero-order valence-corrected chi connectivity index (χ0v) is 7.23. The molecule has 1 atom stereocenters. The van der Waals surface area contributed by atoms with Crippen molar-refractivity contribution in [3.63, 3.8) is 0 Å². The molecular formula is C7H10N2OS. The summed E-state index contributed by atoms with van der Waals surface area (Å²) in [6.45, 7) is 1.04. The fraction of sp³-hybridized carbons (Fsp3) is 0.571. The normalized spacial score (nSPS) is 18.3. The lowest BCUT2D eigenvalue weighted by Gasteiger charge is -1.89. The first-order valence-corrected chi connectivity index (χ1v) is 5.22. The molecule has 2 rings (SSSR count). The molecule has 0 spiro atoms. The maximum absolute atomic E-state index is 11.0. The smallest absolute Gasteiger partial charge is 0.145 e. The molecule has 1 aromatic heterocycles. The van der Waals surface area contributed by atoms with Gasteiger partial charge in [0.2, 0.25) is 0 Å². The number of imidazole rings is 1. The Balaban J connectivity index is 2.42. The molecule has 60 valence electrons. The molecule has 0 unspecified atom stereocenters. The van der Waals surface area contributed by atoms with Crippen LogP contribution in [0.3, 0.4) is 0 Å². The summed E-state index contributed by atoms with van der Waals surface area (Å²) in [6, 6.07) is 0. The van der Waals surface area contributed by atoms with Gasteiger partial charge in [0.25, 0.3) is 0 Å². The number of nitrogens with zero attached hydrogens (tertiary/aromatic N) is 2. The van der Waals surface area contributed by atoms with Crippen molar-refractivity contribution in [2.75, 3.05) is 6.26 Å². The summed E-state index contributed by atoms with van der Waals surface area (Å²) in [5.41, 5.74) is 0. The summed E-state index contributed by atoms with van der Waals surface area (Å²) in [4.78, 5) is 4.25. The minimum atomic E-state index is -0.918. The Labute approximate surface area is 67.9 Å². The van der Waals surface area contributed by atoms with Crippen LogP contribution in [0.15, 0.2) is 11.2 Å². The molecule has 0 saturated heterocycles. The van der Waals surface area contributed by atoms with Crippen LogP contribution in [0.2, 0.25) is 0 Å². The van der Waals surface area contributed by atoms with Crippen LogP contribution in [0.1, 0.15) is 12.2 Å². The van der Waals surface area contributed by atoms with Gasteiger partial charge in [-0.25, -0.2) is 4.98 Å². The minimum Gasteiger partial charge on any atom is -0.334 e. The molecule has 11 heavy (non-hydrogen) atoms. The number of hydrogen-bond donors (Lipinski definition) is 0. The SMILES string of the molecule is C[S@](=O)c1cn2c(n1)CCC2. The Bertz CT molecular complexity index is 284. The van der Waals surface area contributed by atoms with E-state index in [0.717, 1.165) is 23.8 Å². The summed E-state index contributed by atoms with van der Waals surface area (Å²) >= 11 is 0. The Morgan fingerprint density at radius 3 is 3.18 bits per heavy atom. The van der Waals surface area contributed by atoms with Gasteiger partial charge in [-0.15, -0.1) is 0 Å². The van der Waals surface area contributed by atoms with Gasteiger partial charge in [-0.1, -0.05) is 0 Å². The maximum Gasteiger partial charge on any atom is 0.145 e. The van der Waals surface area contributed by atoms with E-state index in [9.17, 15) is 4.21 Å². The van der Waals surface area contributed by atoms with Gasteiger partial charge >= 0.3 is 0 Å². The molecule has 1 aliphatic heterocycles. The predicted octanol–water partition coefficient (Wildman–Crippen LogP) is 0.567. The zero-order valence-electron chi connectivity index (χ0n) is 6.41. The highest BCUT2D eigenvalue weighted by Gasteiger charge is 2.14. The number of fused-ring (bicyclic) bond motifs is 1. The van der Waals surface area contributed by atoms with Gasteiger partial charge in [0, 0.05) is 25.4 Å².